The second-order valence-corrected chi connectivity index (χ2v) is 10.3. The Hall–Kier alpha value is -4.32. The van der Waals surface area contributed by atoms with Crippen LogP contribution in [0.4, 0.5) is 0 Å². The molecule has 6 heteroatoms. The molecule has 1 aromatic heterocycles. The molecule has 0 atom stereocenters. The van der Waals surface area contributed by atoms with Gasteiger partial charge in [-0.05, 0) is 65.9 Å². The Morgan fingerprint density at radius 2 is 1.54 bits per heavy atom. The lowest BCUT2D eigenvalue weighted by atomic mass is 10.1. The molecule has 0 aliphatic carbocycles. The number of benzene rings is 3. The lowest BCUT2D eigenvalue weighted by molar-refractivity contribution is -0.133. The van der Waals surface area contributed by atoms with E-state index in [4.69, 9.17) is 4.74 Å². The van der Waals surface area contributed by atoms with E-state index in [0.717, 1.165) is 41.8 Å². The van der Waals surface area contributed by atoms with Gasteiger partial charge in [-0.3, -0.25) is 9.59 Å². The summed E-state index contributed by atoms with van der Waals surface area (Å²) in [4.78, 5) is 31.0. The summed E-state index contributed by atoms with van der Waals surface area (Å²) in [5.41, 5.74) is 5.00. The van der Waals surface area contributed by atoms with Gasteiger partial charge in [-0.2, -0.15) is 0 Å². The Labute approximate surface area is 244 Å². The Morgan fingerprint density at radius 1 is 0.780 bits per heavy atom. The number of rotatable bonds is 14. The van der Waals surface area contributed by atoms with Crippen LogP contribution in [0.15, 0.2) is 97.2 Å². The highest BCUT2D eigenvalue weighted by Crippen LogP contribution is 2.18. The van der Waals surface area contributed by atoms with E-state index in [2.05, 4.69) is 30.5 Å². The third-order valence-electron chi connectivity index (χ3n) is 7.34. The van der Waals surface area contributed by atoms with Crippen molar-refractivity contribution in [1.82, 2.24) is 14.4 Å². The molecule has 0 fully saturated rings. The number of amides is 2. The van der Waals surface area contributed by atoms with Gasteiger partial charge in [0.2, 0.25) is 5.91 Å². The van der Waals surface area contributed by atoms with Gasteiger partial charge in [-0.15, -0.1) is 0 Å². The van der Waals surface area contributed by atoms with Crippen LogP contribution >= 0.6 is 0 Å². The number of aryl methyl sites for hydroxylation is 1. The number of aromatic nitrogens is 1. The third-order valence-corrected chi connectivity index (χ3v) is 7.34. The summed E-state index contributed by atoms with van der Waals surface area (Å²) in [6.45, 7) is 6.34. The molecule has 0 aliphatic rings. The molecular formula is C35H41N3O3. The minimum atomic E-state index is -0.101. The van der Waals surface area contributed by atoms with Crippen LogP contribution in [0.5, 0.6) is 5.75 Å². The number of ether oxygens (including phenoxy) is 1. The Bertz CT molecular complexity index is 1400. The number of methoxy groups -OCH3 is 1. The van der Waals surface area contributed by atoms with Gasteiger partial charge in [0.25, 0.3) is 5.91 Å². The SMILES string of the molecule is CCCCN(CC(=O)N(Cc1ccccc1)Cc1cccn1Cc1cccc(OC)c1)C(=O)c1ccc(CC)cc1. The molecule has 0 unspecified atom stereocenters. The van der Waals surface area contributed by atoms with Crippen LogP contribution < -0.4 is 4.74 Å². The number of unbranched alkanes of at least 4 members (excludes halogenated alkanes) is 1. The van der Waals surface area contributed by atoms with E-state index >= 15 is 0 Å². The molecule has 0 saturated carbocycles. The highest BCUT2D eigenvalue weighted by molar-refractivity contribution is 5.96. The topological polar surface area (TPSA) is 54.8 Å². The van der Waals surface area contributed by atoms with Crippen molar-refractivity contribution >= 4 is 11.8 Å². The van der Waals surface area contributed by atoms with Crippen LogP contribution in [0.2, 0.25) is 0 Å². The molecule has 0 bridgehead atoms. The zero-order valence-electron chi connectivity index (χ0n) is 24.5. The number of carbonyl (C=O) groups is 2. The summed E-state index contributed by atoms with van der Waals surface area (Å²) in [7, 11) is 1.67. The van der Waals surface area contributed by atoms with Crippen molar-refractivity contribution in [3.05, 3.63) is 125 Å². The summed E-state index contributed by atoms with van der Waals surface area (Å²) in [5, 5.41) is 0. The van der Waals surface area contributed by atoms with Gasteiger partial charge in [0.15, 0.2) is 0 Å². The van der Waals surface area contributed by atoms with Gasteiger partial charge in [0.05, 0.1) is 13.7 Å². The molecule has 0 aliphatic heterocycles. The van der Waals surface area contributed by atoms with Gasteiger partial charge in [0, 0.05) is 37.1 Å². The first kappa shape index (κ1) is 29.7. The van der Waals surface area contributed by atoms with Crippen molar-refractivity contribution in [2.45, 2.75) is 52.7 Å². The number of hydrogen-bond acceptors (Lipinski definition) is 3. The maximum absolute atomic E-state index is 13.9. The smallest absolute Gasteiger partial charge is 0.254 e. The van der Waals surface area contributed by atoms with Gasteiger partial charge in [0.1, 0.15) is 12.3 Å². The normalized spacial score (nSPS) is 10.8. The summed E-state index contributed by atoms with van der Waals surface area (Å²) in [6, 6.07) is 29.8. The van der Waals surface area contributed by atoms with Gasteiger partial charge in [-0.25, -0.2) is 0 Å². The second-order valence-electron chi connectivity index (χ2n) is 10.3. The average molecular weight is 552 g/mol. The average Bonchev–Trinajstić information content (AvgIpc) is 3.45. The van der Waals surface area contributed by atoms with E-state index < -0.39 is 0 Å². The van der Waals surface area contributed by atoms with Crippen LogP contribution in [-0.4, -0.2) is 46.4 Å². The van der Waals surface area contributed by atoms with Crippen molar-refractivity contribution in [1.29, 1.82) is 0 Å². The summed E-state index contributed by atoms with van der Waals surface area (Å²) >= 11 is 0. The molecule has 3 aromatic carbocycles. The predicted molar refractivity (Wildman–Crippen MR) is 164 cm³/mol. The first-order valence-corrected chi connectivity index (χ1v) is 14.5. The maximum Gasteiger partial charge on any atom is 0.254 e. The highest BCUT2D eigenvalue weighted by atomic mass is 16.5. The predicted octanol–water partition coefficient (Wildman–Crippen LogP) is 6.58. The third kappa shape index (κ3) is 8.34. The summed E-state index contributed by atoms with van der Waals surface area (Å²) in [6.07, 6.45) is 4.74. The van der Waals surface area contributed by atoms with Gasteiger partial charge < -0.3 is 19.1 Å². The molecule has 214 valence electrons. The van der Waals surface area contributed by atoms with Crippen molar-refractivity contribution in [3.8, 4) is 5.75 Å². The number of hydrogen-bond donors (Lipinski definition) is 0. The molecular weight excluding hydrogens is 510 g/mol. The first-order chi connectivity index (χ1) is 20.0. The second kappa shape index (κ2) is 14.9. The molecule has 4 aromatic rings. The monoisotopic (exact) mass is 551 g/mol. The molecule has 0 N–H and O–H groups in total. The summed E-state index contributed by atoms with van der Waals surface area (Å²) < 4.78 is 7.56. The van der Waals surface area contributed by atoms with Gasteiger partial charge >= 0.3 is 0 Å². The van der Waals surface area contributed by atoms with E-state index in [9.17, 15) is 9.59 Å². The van der Waals surface area contributed by atoms with Gasteiger partial charge in [-0.1, -0.05) is 74.9 Å². The maximum atomic E-state index is 13.9. The van der Waals surface area contributed by atoms with Crippen LogP contribution in [-0.2, 0) is 30.8 Å². The van der Waals surface area contributed by atoms with E-state index in [0.29, 0.717) is 31.7 Å². The minimum absolute atomic E-state index is 0.0395. The Balaban J connectivity index is 1.56. The Morgan fingerprint density at radius 3 is 2.24 bits per heavy atom. The largest absolute Gasteiger partial charge is 0.497 e. The lowest BCUT2D eigenvalue weighted by Gasteiger charge is -2.28. The minimum Gasteiger partial charge on any atom is -0.497 e. The fraction of sp³-hybridized carbons (Fsp3) is 0.314. The van der Waals surface area contributed by atoms with Crippen LogP contribution in [0, 0.1) is 0 Å². The zero-order valence-corrected chi connectivity index (χ0v) is 24.5. The van der Waals surface area contributed by atoms with Crippen molar-refractivity contribution in [2.24, 2.45) is 0 Å². The molecule has 0 radical (unpaired) electrons. The fourth-order valence-electron chi connectivity index (χ4n) is 4.88. The molecule has 1 heterocycles. The zero-order chi connectivity index (χ0) is 29.0. The molecule has 0 saturated heterocycles. The quantitative estimate of drug-likeness (QED) is 0.178. The van der Waals surface area contributed by atoms with Crippen molar-refractivity contribution < 1.29 is 14.3 Å². The van der Waals surface area contributed by atoms with Crippen LogP contribution in [0.3, 0.4) is 0 Å². The number of nitrogens with zero attached hydrogens (tertiary/aromatic N) is 3. The van der Waals surface area contributed by atoms with Crippen molar-refractivity contribution in [2.75, 3.05) is 20.2 Å². The van der Waals surface area contributed by atoms with E-state index in [1.807, 2.05) is 90.0 Å². The first-order valence-electron chi connectivity index (χ1n) is 14.5. The standard InChI is InChI=1S/C35H41N3O3/c1-4-6-21-37(35(40)31-19-17-28(5-2)18-20-31)27-34(39)38(24-29-12-8-7-9-13-29)26-32-15-11-22-36(32)25-30-14-10-16-33(23-30)41-3/h7-20,22-23H,4-6,21,24-27H2,1-3H3. The summed E-state index contributed by atoms with van der Waals surface area (Å²) in [5.74, 6) is 0.645. The van der Waals surface area contributed by atoms with E-state index in [-0.39, 0.29) is 18.4 Å². The number of carbonyl (C=O) groups excluding carboxylic acids is 2. The molecule has 0 spiro atoms. The molecule has 4 rings (SSSR count). The highest BCUT2D eigenvalue weighted by Gasteiger charge is 2.23. The Kier molecular flexibility index (Phi) is 10.8. The molecule has 2 amide bonds. The van der Waals surface area contributed by atoms with Crippen molar-refractivity contribution in [3.63, 3.8) is 0 Å². The molecule has 41 heavy (non-hydrogen) atoms. The molecule has 6 nitrogen and oxygen atoms in total. The van der Waals surface area contributed by atoms with Crippen LogP contribution in [0.25, 0.3) is 0 Å². The fourth-order valence-corrected chi connectivity index (χ4v) is 4.88. The van der Waals surface area contributed by atoms with Crippen LogP contribution in [0.1, 0.15) is 59.4 Å². The van der Waals surface area contributed by atoms with E-state index in [1.165, 1.54) is 5.56 Å². The van der Waals surface area contributed by atoms with E-state index in [1.54, 1.807) is 12.0 Å². The lowest BCUT2D eigenvalue weighted by Crippen LogP contribution is -2.43.